The van der Waals surface area contributed by atoms with Gasteiger partial charge < -0.3 is 10.1 Å². The molecule has 5 unspecified atom stereocenters. The number of sulfone groups is 1. The molecule has 0 amide bonds. The molecule has 0 aromatic rings. The lowest BCUT2D eigenvalue weighted by atomic mass is 9.76. The Balaban J connectivity index is 1.88. The molecule has 5 atom stereocenters. The van der Waals surface area contributed by atoms with E-state index in [0.717, 1.165) is 38.5 Å². The normalized spacial score (nSPS) is 40.6. The second kappa shape index (κ2) is 10.2. The first-order valence-electron chi connectivity index (χ1n) is 12.3. The molecule has 0 radical (unpaired) electrons. The van der Waals surface area contributed by atoms with Crippen molar-refractivity contribution in [3.63, 3.8) is 0 Å². The first kappa shape index (κ1) is 24.4. The monoisotopic (exact) mass is 443 g/mol. The van der Waals surface area contributed by atoms with Crippen LogP contribution in [0.25, 0.3) is 0 Å². The van der Waals surface area contributed by atoms with Gasteiger partial charge in [-0.3, -0.25) is 5.84 Å². The molecule has 3 fully saturated rings. The van der Waals surface area contributed by atoms with Crippen molar-refractivity contribution in [1.29, 1.82) is 0 Å². The van der Waals surface area contributed by atoms with Crippen LogP contribution >= 0.6 is 0 Å². The fourth-order valence-corrected chi connectivity index (χ4v) is 9.05. The average Bonchev–Trinajstić information content (AvgIpc) is 2.73. The van der Waals surface area contributed by atoms with Crippen LogP contribution in [0.4, 0.5) is 0 Å². The number of nitrogens with two attached hydrogens (primary N) is 1. The highest BCUT2D eigenvalue weighted by atomic mass is 32.2. The minimum atomic E-state index is -3.61. The summed E-state index contributed by atoms with van der Waals surface area (Å²) in [6, 6.07) is 0.523. The third-order valence-corrected chi connectivity index (χ3v) is 11.3. The summed E-state index contributed by atoms with van der Waals surface area (Å²) in [5.41, 5.74) is 2.72. The van der Waals surface area contributed by atoms with E-state index in [1.165, 1.54) is 26.4 Å². The zero-order chi connectivity index (χ0) is 21.9. The number of hydrogen-bond acceptors (Lipinski definition) is 6. The Morgan fingerprint density at radius 2 is 1.47 bits per heavy atom. The van der Waals surface area contributed by atoms with Crippen molar-refractivity contribution in [2.45, 2.75) is 114 Å². The van der Waals surface area contributed by atoms with Crippen LogP contribution in [0, 0.1) is 23.7 Å². The lowest BCUT2D eigenvalue weighted by Gasteiger charge is -2.48. The highest BCUT2D eigenvalue weighted by molar-refractivity contribution is 7.93. The van der Waals surface area contributed by atoms with Crippen LogP contribution in [0.5, 0.6) is 0 Å². The second-order valence-electron chi connectivity index (χ2n) is 10.5. The van der Waals surface area contributed by atoms with E-state index in [0.29, 0.717) is 36.6 Å². The average molecular weight is 444 g/mol. The van der Waals surface area contributed by atoms with Crippen LogP contribution in [0.3, 0.4) is 0 Å². The summed E-state index contributed by atoms with van der Waals surface area (Å²) in [5, 5.41) is 2.03. The standard InChI is InChI=1S/C23H45N3O3S/c1-16-12-14-19(15-13-16)30(27,28)23(26-24,29-4)20-10-5-6-11-21(20)25-22-17(2)8-7-9-18(22)3/h16-22,25-26H,5-15,24H2,1-4H3. The number of hydrazine groups is 1. The van der Waals surface area contributed by atoms with E-state index in [4.69, 9.17) is 10.6 Å². The summed E-state index contributed by atoms with van der Waals surface area (Å²) in [6.45, 7) is 6.87. The zero-order valence-corrected chi connectivity index (χ0v) is 20.3. The van der Waals surface area contributed by atoms with Crippen molar-refractivity contribution in [2.75, 3.05) is 7.11 Å². The summed E-state index contributed by atoms with van der Waals surface area (Å²) in [6.07, 6.45) is 11.0. The number of ether oxygens (including phenoxy) is 1. The third kappa shape index (κ3) is 4.61. The quantitative estimate of drug-likeness (QED) is 0.315. The van der Waals surface area contributed by atoms with Crippen molar-refractivity contribution < 1.29 is 13.2 Å². The molecule has 3 rings (SSSR count). The Labute approximate surface area is 184 Å². The van der Waals surface area contributed by atoms with Gasteiger partial charge in [-0.15, -0.1) is 0 Å². The van der Waals surface area contributed by atoms with Gasteiger partial charge in [0.1, 0.15) is 0 Å². The number of nitrogens with one attached hydrogen (secondary N) is 2. The van der Waals surface area contributed by atoms with Gasteiger partial charge in [0.25, 0.3) is 0 Å². The topological polar surface area (TPSA) is 93.4 Å². The second-order valence-corrected chi connectivity index (χ2v) is 12.9. The van der Waals surface area contributed by atoms with Crippen LogP contribution in [-0.2, 0) is 14.6 Å². The Morgan fingerprint density at radius 1 is 0.867 bits per heavy atom. The minimum absolute atomic E-state index is 0.0973. The smallest absolute Gasteiger partial charge is 0.239 e. The first-order chi connectivity index (χ1) is 14.3. The molecule has 176 valence electrons. The number of rotatable bonds is 7. The van der Waals surface area contributed by atoms with Crippen molar-refractivity contribution in [3.8, 4) is 0 Å². The van der Waals surface area contributed by atoms with E-state index in [-0.39, 0.29) is 17.2 Å². The van der Waals surface area contributed by atoms with Gasteiger partial charge in [-0.25, -0.2) is 13.8 Å². The van der Waals surface area contributed by atoms with E-state index in [1.807, 2.05) is 0 Å². The molecule has 0 aromatic heterocycles. The molecule has 30 heavy (non-hydrogen) atoms. The van der Waals surface area contributed by atoms with Gasteiger partial charge in [-0.2, -0.15) is 0 Å². The molecule has 3 aliphatic carbocycles. The molecule has 3 saturated carbocycles. The molecule has 0 heterocycles. The first-order valence-corrected chi connectivity index (χ1v) is 13.8. The molecule has 4 N–H and O–H groups in total. The lowest BCUT2D eigenvalue weighted by Crippen LogP contribution is -2.68. The molecule has 0 spiro atoms. The van der Waals surface area contributed by atoms with Crippen LogP contribution in [0.15, 0.2) is 0 Å². The molecule has 0 aliphatic heterocycles. The number of hydrogen-bond donors (Lipinski definition) is 3. The van der Waals surface area contributed by atoms with Gasteiger partial charge >= 0.3 is 0 Å². The van der Waals surface area contributed by atoms with Crippen LogP contribution in [-0.4, -0.2) is 37.9 Å². The maximum Gasteiger partial charge on any atom is 0.239 e. The fraction of sp³-hybridized carbons (Fsp3) is 1.00. The van der Waals surface area contributed by atoms with Gasteiger partial charge in [0, 0.05) is 25.1 Å². The molecule has 6 nitrogen and oxygen atoms in total. The van der Waals surface area contributed by atoms with Crippen LogP contribution < -0.4 is 16.6 Å². The van der Waals surface area contributed by atoms with Gasteiger partial charge in [0.2, 0.25) is 5.06 Å². The predicted octanol–water partition coefficient (Wildman–Crippen LogP) is 3.72. The Hall–Kier alpha value is -0.210. The summed E-state index contributed by atoms with van der Waals surface area (Å²) in [7, 11) is -2.09. The van der Waals surface area contributed by atoms with Crippen LogP contribution in [0.2, 0.25) is 0 Å². The largest absolute Gasteiger partial charge is 0.349 e. The Kier molecular flexibility index (Phi) is 8.27. The molecule has 7 heteroatoms. The van der Waals surface area contributed by atoms with E-state index >= 15 is 0 Å². The molecular formula is C23H45N3O3S. The zero-order valence-electron chi connectivity index (χ0n) is 19.5. The van der Waals surface area contributed by atoms with E-state index in [2.05, 4.69) is 31.5 Å². The molecule has 0 bridgehead atoms. The summed E-state index contributed by atoms with van der Waals surface area (Å²) >= 11 is 0. The van der Waals surface area contributed by atoms with Gasteiger partial charge in [0.05, 0.1) is 5.25 Å². The molecule has 0 saturated heterocycles. The maximum atomic E-state index is 13.9. The van der Waals surface area contributed by atoms with Crippen LogP contribution in [0.1, 0.15) is 91.4 Å². The lowest BCUT2D eigenvalue weighted by molar-refractivity contribution is -0.0455. The maximum absolute atomic E-state index is 13.9. The van der Waals surface area contributed by atoms with Gasteiger partial charge in [-0.05, 0) is 69.1 Å². The molecule has 0 aromatic carbocycles. The summed E-state index contributed by atoms with van der Waals surface area (Å²) < 4.78 is 33.8. The van der Waals surface area contributed by atoms with E-state index in [1.54, 1.807) is 0 Å². The Morgan fingerprint density at radius 3 is 2.03 bits per heavy atom. The molecule has 3 aliphatic rings. The summed E-state index contributed by atoms with van der Waals surface area (Å²) in [5.74, 6) is 7.66. The molecular weight excluding hydrogens is 398 g/mol. The fourth-order valence-electron chi connectivity index (χ4n) is 6.56. The number of methoxy groups -OCH3 is 1. The van der Waals surface area contributed by atoms with E-state index < -0.39 is 14.9 Å². The Bertz CT molecular complexity index is 634. The highest BCUT2D eigenvalue weighted by Crippen LogP contribution is 2.42. The van der Waals surface area contributed by atoms with Crippen molar-refractivity contribution in [1.82, 2.24) is 10.7 Å². The van der Waals surface area contributed by atoms with Gasteiger partial charge in [0.15, 0.2) is 9.84 Å². The predicted molar refractivity (Wildman–Crippen MR) is 122 cm³/mol. The third-order valence-electron chi connectivity index (χ3n) is 8.53. The van der Waals surface area contributed by atoms with Crippen molar-refractivity contribution >= 4 is 9.84 Å². The van der Waals surface area contributed by atoms with Crippen molar-refractivity contribution in [3.05, 3.63) is 0 Å². The summed E-state index contributed by atoms with van der Waals surface area (Å²) in [4.78, 5) is 0. The van der Waals surface area contributed by atoms with Crippen molar-refractivity contribution in [2.24, 2.45) is 29.5 Å². The van der Waals surface area contributed by atoms with Gasteiger partial charge in [-0.1, -0.05) is 40.0 Å². The SMILES string of the molecule is COC(NN)(C1CCCCC1NC1C(C)CCCC1C)S(=O)(=O)C1CCC(C)CC1. The highest BCUT2D eigenvalue weighted by Gasteiger charge is 2.56. The van der Waals surface area contributed by atoms with E-state index in [9.17, 15) is 8.42 Å². The minimum Gasteiger partial charge on any atom is -0.349 e.